The molecule has 1 atom stereocenters. The van der Waals surface area contributed by atoms with E-state index in [2.05, 4.69) is 48.5 Å². The van der Waals surface area contributed by atoms with E-state index in [1.807, 2.05) is 6.92 Å². The Morgan fingerprint density at radius 3 is 2.34 bits per heavy atom. The lowest BCUT2D eigenvalue weighted by Gasteiger charge is -2.25. The summed E-state index contributed by atoms with van der Waals surface area (Å²) in [5.41, 5.74) is 3.00. The van der Waals surface area contributed by atoms with Crippen molar-refractivity contribution in [2.45, 2.75) is 39.2 Å². The summed E-state index contributed by atoms with van der Waals surface area (Å²) >= 11 is 0. The van der Waals surface area contributed by atoms with Crippen molar-refractivity contribution in [2.75, 3.05) is 26.3 Å². The van der Waals surface area contributed by atoms with Crippen LogP contribution in [0.25, 0.3) is 0 Å². The van der Waals surface area contributed by atoms with Crippen molar-refractivity contribution < 1.29 is 14.3 Å². The van der Waals surface area contributed by atoms with Crippen molar-refractivity contribution in [3.8, 4) is 0 Å². The number of morpholine rings is 1. The van der Waals surface area contributed by atoms with Crippen molar-refractivity contribution in [3.63, 3.8) is 0 Å². The number of ether oxygens (including phenoxy) is 1. The highest BCUT2D eigenvalue weighted by Crippen LogP contribution is 2.21. The largest absolute Gasteiger partial charge is 0.378 e. The van der Waals surface area contributed by atoms with Gasteiger partial charge in [-0.1, -0.05) is 45.0 Å². The van der Waals surface area contributed by atoms with Crippen LogP contribution in [0.15, 0.2) is 30.3 Å². The fraction of sp³-hybridized carbons (Fsp3) is 0.500. The molecule has 1 aromatic carbocycles. The molecule has 2 heterocycles. The van der Waals surface area contributed by atoms with Crippen LogP contribution in [0.5, 0.6) is 0 Å². The third kappa shape index (κ3) is 4.85. The number of amides is 2. The molecule has 7 nitrogen and oxygen atoms in total. The van der Waals surface area contributed by atoms with Gasteiger partial charge in [0.1, 0.15) is 5.69 Å². The van der Waals surface area contributed by atoms with Gasteiger partial charge in [-0.2, -0.15) is 5.10 Å². The van der Waals surface area contributed by atoms with Crippen LogP contribution < -0.4 is 5.32 Å². The number of hydrogen-bond acceptors (Lipinski definition) is 4. The number of nitrogens with one attached hydrogen (secondary N) is 1. The molecule has 3 rings (SSSR count). The minimum Gasteiger partial charge on any atom is -0.378 e. The minimum absolute atomic E-state index is 0.1000. The third-order valence-electron chi connectivity index (χ3n) is 5.35. The van der Waals surface area contributed by atoms with Crippen molar-refractivity contribution >= 4 is 11.8 Å². The summed E-state index contributed by atoms with van der Waals surface area (Å²) in [4.78, 5) is 27.2. The van der Waals surface area contributed by atoms with Crippen molar-refractivity contribution in [2.24, 2.45) is 7.05 Å². The molecule has 1 N–H and O–H groups in total. The third-order valence-corrected chi connectivity index (χ3v) is 5.35. The molecule has 0 unspecified atom stereocenters. The number of aromatic nitrogens is 2. The van der Waals surface area contributed by atoms with E-state index >= 15 is 0 Å². The van der Waals surface area contributed by atoms with E-state index in [0.29, 0.717) is 37.9 Å². The van der Waals surface area contributed by atoms with E-state index in [1.165, 1.54) is 10.2 Å². The van der Waals surface area contributed by atoms with Crippen LogP contribution in [0.1, 0.15) is 71.3 Å². The highest BCUT2D eigenvalue weighted by atomic mass is 16.5. The number of benzene rings is 1. The van der Waals surface area contributed by atoms with Gasteiger partial charge in [-0.25, -0.2) is 0 Å². The molecule has 29 heavy (non-hydrogen) atoms. The van der Waals surface area contributed by atoms with E-state index in [9.17, 15) is 9.59 Å². The zero-order valence-corrected chi connectivity index (χ0v) is 17.6. The van der Waals surface area contributed by atoms with Gasteiger partial charge in [-0.15, -0.1) is 0 Å². The number of nitrogens with zero attached hydrogens (tertiary/aromatic N) is 3. The molecular formula is C22H30N4O3. The first-order valence-electron chi connectivity index (χ1n) is 10.2. The molecule has 0 saturated carbocycles. The first-order chi connectivity index (χ1) is 13.9. The van der Waals surface area contributed by atoms with Crippen LogP contribution in [0, 0.1) is 0 Å². The summed E-state index contributed by atoms with van der Waals surface area (Å²) < 4.78 is 6.76. The first-order valence-corrected chi connectivity index (χ1v) is 10.2. The van der Waals surface area contributed by atoms with E-state index in [1.54, 1.807) is 18.0 Å². The Morgan fingerprint density at radius 2 is 1.76 bits per heavy atom. The highest BCUT2D eigenvalue weighted by Gasteiger charge is 2.24. The maximum atomic E-state index is 12.9. The van der Waals surface area contributed by atoms with Crippen molar-refractivity contribution in [3.05, 3.63) is 52.8 Å². The summed E-state index contributed by atoms with van der Waals surface area (Å²) in [5, 5.41) is 7.34. The molecule has 1 aromatic heterocycles. The van der Waals surface area contributed by atoms with Crippen molar-refractivity contribution in [1.29, 1.82) is 0 Å². The van der Waals surface area contributed by atoms with E-state index in [0.717, 1.165) is 12.0 Å². The van der Waals surface area contributed by atoms with Crippen LogP contribution in [-0.2, 0) is 11.8 Å². The van der Waals surface area contributed by atoms with Crippen LogP contribution in [0.2, 0.25) is 0 Å². The Morgan fingerprint density at radius 1 is 1.14 bits per heavy atom. The molecule has 0 spiro atoms. The summed E-state index contributed by atoms with van der Waals surface area (Å²) in [7, 11) is 1.68. The van der Waals surface area contributed by atoms with Crippen LogP contribution in [-0.4, -0.2) is 52.8 Å². The summed E-state index contributed by atoms with van der Waals surface area (Å²) in [6.45, 7) is 8.50. The predicted molar refractivity (Wildman–Crippen MR) is 111 cm³/mol. The standard InChI is InChI=1S/C22H30N4O3/c1-5-18(17-8-6-16(7-9-17)15(2)3)23-21(27)20-14-19(24-25(20)4)22(28)26-10-12-29-13-11-26/h6-9,14-15,18H,5,10-13H2,1-4H3,(H,23,27)/t18-/m0/s1. The lowest BCUT2D eigenvalue weighted by molar-refractivity contribution is 0.0298. The molecule has 2 amide bonds. The molecule has 0 radical (unpaired) electrons. The Balaban J connectivity index is 1.72. The second-order valence-electron chi connectivity index (χ2n) is 7.70. The molecule has 0 bridgehead atoms. The Labute approximate surface area is 172 Å². The predicted octanol–water partition coefficient (Wildman–Crippen LogP) is 2.90. The summed E-state index contributed by atoms with van der Waals surface area (Å²) in [5.74, 6) is 0.0654. The fourth-order valence-corrected chi connectivity index (χ4v) is 3.48. The number of hydrogen-bond donors (Lipinski definition) is 1. The number of aryl methyl sites for hydroxylation is 1. The average molecular weight is 399 g/mol. The lowest BCUT2D eigenvalue weighted by Crippen LogP contribution is -2.40. The van der Waals surface area contributed by atoms with Gasteiger partial charge in [0.05, 0.1) is 19.3 Å². The molecule has 1 aliphatic heterocycles. The van der Waals surface area contributed by atoms with Gasteiger partial charge in [-0.3, -0.25) is 14.3 Å². The quantitative estimate of drug-likeness (QED) is 0.812. The zero-order chi connectivity index (χ0) is 21.0. The number of rotatable bonds is 6. The maximum absolute atomic E-state index is 12.9. The first kappa shape index (κ1) is 21.0. The van der Waals surface area contributed by atoms with E-state index < -0.39 is 0 Å². The van der Waals surface area contributed by atoms with E-state index in [4.69, 9.17) is 4.74 Å². The molecule has 156 valence electrons. The SMILES string of the molecule is CC[C@H](NC(=O)c1cc(C(=O)N2CCOCC2)nn1C)c1ccc(C(C)C)cc1. The van der Waals surface area contributed by atoms with Crippen LogP contribution in [0.3, 0.4) is 0 Å². The van der Waals surface area contributed by atoms with Gasteiger partial charge < -0.3 is 15.0 Å². The second-order valence-corrected chi connectivity index (χ2v) is 7.70. The van der Waals surface area contributed by atoms with Gasteiger partial charge in [0.25, 0.3) is 11.8 Å². The highest BCUT2D eigenvalue weighted by molar-refractivity contribution is 5.98. The van der Waals surface area contributed by atoms with Gasteiger partial charge in [0.2, 0.25) is 0 Å². The number of carbonyl (C=O) groups is 2. The van der Waals surface area contributed by atoms with E-state index in [-0.39, 0.29) is 23.6 Å². The molecule has 0 aliphatic carbocycles. The van der Waals surface area contributed by atoms with Gasteiger partial charge >= 0.3 is 0 Å². The summed E-state index contributed by atoms with van der Waals surface area (Å²) in [6.07, 6.45) is 0.768. The molecule has 7 heteroatoms. The monoisotopic (exact) mass is 398 g/mol. The summed E-state index contributed by atoms with van der Waals surface area (Å²) in [6, 6.07) is 9.83. The zero-order valence-electron chi connectivity index (χ0n) is 17.6. The molecule has 1 saturated heterocycles. The molecule has 2 aromatic rings. The Kier molecular flexibility index (Phi) is 6.69. The smallest absolute Gasteiger partial charge is 0.274 e. The number of carbonyl (C=O) groups excluding carboxylic acids is 2. The van der Waals surface area contributed by atoms with Crippen LogP contribution in [0.4, 0.5) is 0 Å². The van der Waals surface area contributed by atoms with Gasteiger partial charge in [0.15, 0.2) is 5.69 Å². The van der Waals surface area contributed by atoms with Crippen LogP contribution >= 0.6 is 0 Å². The average Bonchev–Trinajstić information content (AvgIpc) is 3.13. The fourth-order valence-electron chi connectivity index (χ4n) is 3.48. The molecule has 1 aliphatic rings. The van der Waals surface area contributed by atoms with Gasteiger partial charge in [0, 0.05) is 26.2 Å². The Hall–Kier alpha value is -2.67. The lowest BCUT2D eigenvalue weighted by atomic mass is 9.98. The molecular weight excluding hydrogens is 368 g/mol. The Bertz CT molecular complexity index is 851. The minimum atomic E-state index is -0.235. The van der Waals surface area contributed by atoms with Crippen molar-refractivity contribution in [1.82, 2.24) is 20.0 Å². The topological polar surface area (TPSA) is 76.5 Å². The normalized spacial score (nSPS) is 15.4. The second kappa shape index (κ2) is 9.22. The maximum Gasteiger partial charge on any atom is 0.274 e. The van der Waals surface area contributed by atoms with Gasteiger partial charge in [-0.05, 0) is 23.5 Å². The molecule has 1 fully saturated rings.